The average Bonchev–Trinajstić information content (AvgIpc) is 2.29. The van der Waals surface area contributed by atoms with Crippen molar-refractivity contribution in [2.45, 2.75) is 56.6 Å². The lowest BCUT2D eigenvalue weighted by Crippen LogP contribution is -2.36. The van der Waals surface area contributed by atoms with Crippen molar-refractivity contribution in [3.8, 4) is 0 Å². The van der Waals surface area contributed by atoms with Crippen LogP contribution in [0.1, 0.15) is 51.4 Å². The second kappa shape index (κ2) is 6.96. The van der Waals surface area contributed by atoms with Gasteiger partial charge in [-0.25, -0.2) is 13.1 Å². The molecule has 100 valence electrons. The van der Waals surface area contributed by atoms with Gasteiger partial charge < -0.3 is 5.73 Å². The summed E-state index contributed by atoms with van der Waals surface area (Å²) in [6.07, 6.45) is 6.85. The fourth-order valence-corrected chi connectivity index (χ4v) is 3.77. The number of hydrogen-bond donors (Lipinski definition) is 3. The van der Waals surface area contributed by atoms with Crippen LogP contribution >= 0.6 is 0 Å². The van der Waals surface area contributed by atoms with Gasteiger partial charge in [-0.15, -0.1) is 0 Å². The molecule has 0 unspecified atom stereocenters. The molecule has 0 aromatic rings. The Morgan fingerprint density at radius 2 is 1.88 bits per heavy atom. The number of nitrogens with two attached hydrogens (primary N) is 1. The molecule has 0 atom stereocenters. The Morgan fingerprint density at radius 3 is 2.47 bits per heavy atom. The number of unbranched alkanes of at least 4 members (excludes halogenated alkanes) is 1. The van der Waals surface area contributed by atoms with Crippen LogP contribution in [0.15, 0.2) is 0 Å². The summed E-state index contributed by atoms with van der Waals surface area (Å²) in [4.78, 5) is 0. The molecule has 0 saturated heterocycles. The van der Waals surface area contributed by atoms with Gasteiger partial charge in [0.25, 0.3) is 0 Å². The van der Waals surface area contributed by atoms with Crippen molar-refractivity contribution in [2.24, 2.45) is 5.73 Å². The summed E-state index contributed by atoms with van der Waals surface area (Å²) in [7, 11) is -3.12. The molecule has 0 aliphatic heterocycles. The second-order valence-corrected chi connectivity index (χ2v) is 6.73. The standard InChI is InChI=1S/C11H23N3O2S/c12-11(13)8-4-5-9-14-17(15,16)10-6-2-1-3-7-10/h10,14H,1-9H2,(H3,12,13). The molecule has 6 heteroatoms. The summed E-state index contributed by atoms with van der Waals surface area (Å²) in [6.45, 7) is 0.464. The van der Waals surface area contributed by atoms with Crippen LogP contribution in [0.3, 0.4) is 0 Å². The summed E-state index contributed by atoms with van der Waals surface area (Å²) >= 11 is 0. The van der Waals surface area contributed by atoms with Crippen molar-refractivity contribution in [2.75, 3.05) is 6.54 Å². The first-order chi connectivity index (χ1) is 8.02. The Labute approximate surface area is 104 Å². The molecule has 0 aromatic heterocycles. The van der Waals surface area contributed by atoms with Gasteiger partial charge in [-0.05, 0) is 25.7 Å². The summed E-state index contributed by atoms with van der Waals surface area (Å²) in [6, 6.07) is 0. The Kier molecular flexibility index (Phi) is 5.91. The first-order valence-electron chi connectivity index (χ1n) is 6.34. The molecule has 1 aliphatic carbocycles. The highest BCUT2D eigenvalue weighted by Gasteiger charge is 2.26. The highest BCUT2D eigenvalue weighted by molar-refractivity contribution is 7.90. The minimum Gasteiger partial charge on any atom is -0.388 e. The van der Waals surface area contributed by atoms with Gasteiger partial charge in [0.05, 0.1) is 11.1 Å². The molecule has 0 radical (unpaired) electrons. The zero-order chi connectivity index (χ0) is 12.7. The van der Waals surface area contributed by atoms with Gasteiger partial charge in [0.2, 0.25) is 10.0 Å². The SMILES string of the molecule is N=C(N)CCCCNS(=O)(=O)C1CCCCC1. The zero-order valence-electron chi connectivity index (χ0n) is 10.2. The number of rotatable bonds is 7. The predicted molar refractivity (Wildman–Crippen MR) is 69.6 cm³/mol. The summed E-state index contributed by atoms with van der Waals surface area (Å²) in [5.41, 5.74) is 5.22. The Bertz CT molecular complexity index is 335. The van der Waals surface area contributed by atoms with Crippen LogP contribution in [-0.4, -0.2) is 26.0 Å². The van der Waals surface area contributed by atoms with E-state index in [9.17, 15) is 8.42 Å². The Balaban J connectivity index is 2.22. The number of amidine groups is 1. The van der Waals surface area contributed by atoms with Crippen LogP contribution in [-0.2, 0) is 10.0 Å². The maximum absolute atomic E-state index is 11.9. The minimum atomic E-state index is -3.12. The molecule has 0 bridgehead atoms. The normalized spacial score (nSPS) is 18.1. The highest BCUT2D eigenvalue weighted by Crippen LogP contribution is 2.22. The molecule has 0 aromatic carbocycles. The van der Waals surface area contributed by atoms with Gasteiger partial charge in [-0.2, -0.15) is 0 Å². The lowest BCUT2D eigenvalue weighted by molar-refractivity contribution is 0.477. The van der Waals surface area contributed by atoms with E-state index < -0.39 is 10.0 Å². The average molecular weight is 261 g/mol. The van der Waals surface area contributed by atoms with Crippen molar-refractivity contribution >= 4 is 15.9 Å². The topological polar surface area (TPSA) is 96.0 Å². The summed E-state index contributed by atoms with van der Waals surface area (Å²) in [5, 5.41) is 6.86. The van der Waals surface area contributed by atoms with E-state index in [1.54, 1.807) is 0 Å². The fraction of sp³-hybridized carbons (Fsp3) is 0.909. The van der Waals surface area contributed by atoms with Crippen LogP contribution in [0.5, 0.6) is 0 Å². The van der Waals surface area contributed by atoms with Gasteiger partial charge in [0.15, 0.2) is 0 Å². The monoisotopic (exact) mass is 261 g/mol. The molecular weight excluding hydrogens is 238 g/mol. The summed E-state index contributed by atoms with van der Waals surface area (Å²) in [5.74, 6) is 0.167. The van der Waals surface area contributed by atoms with Crippen molar-refractivity contribution < 1.29 is 8.42 Å². The van der Waals surface area contributed by atoms with Crippen molar-refractivity contribution in [3.05, 3.63) is 0 Å². The number of nitrogens with one attached hydrogen (secondary N) is 2. The maximum atomic E-state index is 11.9. The van der Waals surface area contributed by atoms with Crippen LogP contribution in [0.2, 0.25) is 0 Å². The van der Waals surface area contributed by atoms with Crippen LogP contribution < -0.4 is 10.5 Å². The van der Waals surface area contributed by atoms with Gasteiger partial charge in [0, 0.05) is 13.0 Å². The number of sulfonamides is 1. The molecular formula is C11H23N3O2S. The molecule has 5 nitrogen and oxygen atoms in total. The fourth-order valence-electron chi connectivity index (χ4n) is 2.15. The third kappa shape index (κ3) is 5.50. The molecule has 0 amide bonds. The smallest absolute Gasteiger partial charge is 0.214 e. The van der Waals surface area contributed by atoms with Crippen molar-refractivity contribution in [1.29, 1.82) is 5.41 Å². The summed E-state index contributed by atoms with van der Waals surface area (Å²) < 4.78 is 26.5. The Morgan fingerprint density at radius 1 is 1.24 bits per heavy atom. The van der Waals surface area contributed by atoms with Crippen molar-refractivity contribution in [1.82, 2.24) is 4.72 Å². The van der Waals surface area contributed by atoms with Gasteiger partial charge in [0.1, 0.15) is 0 Å². The van der Waals surface area contributed by atoms with E-state index in [1.165, 1.54) is 0 Å². The molecule has 1 rings (SSSR count). The zero-order valence-corrected chi connectivity index (χ0v) is 11.1. The van der Waals surface area contributed by atoms with Crippen LogP contribution in [0, 0.1) is 5.41 Å². The quantitative estimate of drug-likeness (QED) is 0.366. The predicted octanol–water partition coefficient (Wildman–Crippen LogP) is 1.34. The second-order valence-electron chi connectivity index (χ2n) is 4.68. The largest absolute Gasteiger partial charge is 0.388 e. The van der Waals surface area contributed by atoms with Crippen molar-refractivity contribution in [3.63, 3.8) is 0 Å². The van der Waals surface area contributed by atoms with E-state index in [0.717, 1.165) is 44.9 Å². The Hall–Kier alpha value is -0.620. The first kappa shape index (κ1) is 14.4. The van der Waals surface area contributed by atoms with Gasteiger partial charge in [-0.3, -0.25) is 5.41 Å². The lowest BCUT2D eigenvalue weighted by atomic mass is 10.0. The van der Waals surface area contributed by atoms with Gasteiger partial charge in [-0.1, -0.05) is 19.3 Å². The molecule has 4 N–H and O–H groups in total. The molecule has 1 aliphatic rings. The van der Waals surface area contributed by atoms with E-state index in [0.29, 0.717) is 13.0 Å². The maximum Gasteiger partial charge on any atom is 0.214 e. The third-order valence-electron chi connectivity index (χ3n) is 3.17. The molecule has 0 spiro atoms. The van der Waals surface area contributed by atoms with E-state index >= 15 is 0 Å². The van der Waals surface area contributed by atoms with E-state index in [1.807, 2.05) is 0 Å². The highest BCUT2D eigenvalue weighted by atomic mass is 32.2. The third-order valence-corrected chi connectivity index (χ3v) is 5.12. The van der Waals surface area contributed by atoms with E-state index in [2.05, 4.69) is 4.72 Å². The molecule has 17 heavy (non-hydrogen) atoms. The molecule has 1 fully saturated rings. The van der Waals surface area contributed by atoms with Crippen LogP contribution in [0.25, 0.3) is 0 Å². The molecule has 0 heterocycles. The van der Waals surface area contributed by atoms with E-state index in [-0.39, 0.29) is 11.1 Å². The number of hydrogen-bond acceptors (Lipinski definition) is 3. The van der Waals surface area contributed by atoms with E-state index in [4.69, 9.17) is 11.1 Å². The van der Waals surface area contributed by atoms with Crippen LogP contribution in [0.4, 0.5) is 0 Å². The first-order valence-corrected chi connectivity index (χ1v) is 7.88. The molecule has 1 saturated carbocycles. The minimum absolute atomic E-state index is 0.167. The lowest BCUT2D eigenvalue weighted by Gasteiger charge is -2.21. The van der Waals surface area contributed by atoms with Gasteiger partial charge >= 0.3 is 0 Å².